The van der Waals surface area contributed by atoms with E-state index < -0.39 is 5.60 Å². The molecule has 0 bridgehead atoms. The number of aliphatic hydroxyl groups is 1. The predicted molar refractivity (Wildman–Crippen MR) is 71.2 cm³/mol. The first-order valence-electron chi connectivity index (χ1n) is 6.51. The quantitative estimate of drug-likeness (QED) is 0.805. The van der Waals surface area contributed by atoms with Gasteiger partial charge in [0.15, 0.2) is 0 Å². The third-order valence-electron chi connectivity index (χ3n) is 3.78. The van der Waals surface area contributed by atoms with Gasteiger partial charge in [-0.1, -0.05) is 6.92 Å². The lowest BCUT2D eigenvalue weighted by Crippen LogP contribution is -2.40. The molecule has 0 saturated carbocycles. The highest BCUT2D eigenvalue weighted by Gasteiger charge is 2.32. The van der Waals surface area contributed by atoms with Crippen molar-refractivity contribution in [2.24, 2.45) is 0 Å². The lowest BCUT2D eigenvalue weighted by Gasteiger charge is -2.29. The topological polar surface area (TPSA) is 49.7 Å². The molecule has 0 unspecified atom stereocenters. The minimum absolute atomic E-state index is 0.204. The van der Waals surface area contributed by atoms with E-state index in [1.54, 1.807) is 19.9 Å². The van der Waals surface area contributed by atoms with Crippen LogP contribution in [0.3, 0.4) is 0 Å². The average molecular weight is 250 g/mol. The molecule has 0 aliphatic carbocycles. The Morgan fingerprint density at radius 1 is 1.28 bits per heavy atom. The van der Waals surface area contributed by atoms with Crippen molar-refractivity contribution in [1.29, 1.82) is 0 Å². The van der Waals surface area contributed by atoms with Crippen molar-refractivity contribution < 1.29 is 14.9 Å². The summed E-state index contributed by atoms with van der Waals surface area (Å²) in [5.41, 5.74) is 0.981. The van der Waals surface area contributed by atoms with E-state index in [1.165, 1.54) is 0 Å². The summed E-state index contributed by atoms with van der Waals surface area (Å²) < 4.78 is 5.97. The maximum atomic E-state index is 10.1. The molecule has 0 amide bonds. The Morgan fingerprint density at radius 2 is 1.94 bits per heavy atom. The molecule has 100 valence electrons. The Hall–Kier alpha value is -1.22. The van der Waals surface area contributed by atoms with Crippen LogP contribution >= 0.6 is 0 Å². The Morgan fingerprint density at radius 3 is 2.56 bits per heavy atom. The van der Waals surface area contributed by atoms with Gasteiger partial charge in [0, 0.05) is 5.56 Å². The zero-order valence-corrected chi connectivity index (χ0v) is 11.5. The van der Waals surface area contributed by atoms with E-state index in [9.17, 15) is 10.2 Å². The van der Waals surface area contributed by atoms with E-state index in [0.717, 1.165) is 29.7 Å². The fourth-order valence-corrected chi connectivity index (χ4v) is 2.44. The van der Waals surface area contributed by atoms with Crippen LogP contribution in [-0.4, -0.2) is 21.9 Å². The van der Waals surface area contributed by atoms with Crippen LogP contribution in [0.4, 0.5) is 0 Å². The monoisotopic (exact) mass is 250 g/mol. The number of ether oxygens (including phenoxy) is 1. The van der Waals surface area contributed by atoms with Crippen LogP contribution in [-0.2, 0) is 0 Å². The molecule has 0 saturated heterocycles. The molecular weight excluding hydrogens is 228 g/mol. The molecule has 1 aliphatic rings. The molecule has 1 aliphatic heterocycles. The normalized spacial score (nSPS) is 24.1. The molecule has 2 N–H and O–H groups in total. The summed E-state index contributed by atoms with van der Waals surface area (Å²) in [6.07, 6.45) is 1.56. The van der Waals surface area contributed by atoms with Crippen molar-refractivity contribution in [1.82, 2.24) is 0 Å². The second-order valence-corrected chi connectivity index (χ2v) is 5.92. The minimum Gasteiger partial charge on any atom is -0.508 e. The fourth-order valence-electron chi connectivity index (χ4n) is 2.44. The second kappa shape index (κ2) is 4.47. The molecular formula is C15H22O3. The van der Waals surface area contributed by atoms with Crippen LogP contribution in [0.2, 0.25) is 0 Å². The summed E-state index contributed by atoms with van der Waals surface area (Å²) >= 11 is 0. The average Bonchev–Trinajstić information content (AvgIpc) is 2.40. The number of hydrogen-bond acceptors (Lipinski definition) is 3. The van der Waals surface area contributed by atoms with Crippen molar-refractivity contribution in [3.63, 3.8) is 0 Å². The summed E-state index contributed by atoms with van der Waals surface area (Å²) in [5.74, 6) is 1.44. The van der Waals surface area contributed by atoms with Crippen molar-refractivity contribution in [3.8, 4) is 11.5 Å². The van der Waals surface area contributed by atoms with Gasteiger partial charge in [0.05, 0.1) is 5.60 Å². The molecule has 0 fully saturated rings. The highest BCUT2D eigenvalue weighted by Crippen LogP contribution is 2.40. The van der Waals surface area contributed by atoms with Gasteiger partial charge in [0.2, 0.25) is 0 Å². The van der Waals surface area contributed by atoms with E-state index in [-0.39, 0.29) is 6.10 Å². The standard InChI is InChI=1S/C15H22O3/c1-9-5-6-14(15(3,4)17)18-13-7-10(2)12(16)8-11(9)13/h7-9,14,16-17H,5-6H2,1-4H3/t9-,14+/m0/s1. The highest BCUT2D eigenvalue weighted by molar-refractivity contribution is 5.47. The van der Waals surface area contributed by atoms with Gasteiger partial charge in [0.25, 0.3) is 0 Å². The van der Waals surface area contributed by atoms with Crippen molar-refractivity contribution in [2.75, 3.05) is 0 Å². The highest BCUT2D eigenvalue weighted by atomic mass is 16.5. The summed E-state index contributed by atoms with van der Waals surface area (Å²) in [6.45, 7) is 7.54. The van der Waals surface area contributed by atoms with E-state index in [2.05, 4.69) is 6.92 Å². The number of phenols is 1. The zero-order valence-electron chi connectivity index (χ0n) is 11.5. The molecule has 3 nitrogen and oxygen atoms in total. The first kappa shape index (κ1) is 13.2. The van der Waals surface area contributed by atoms with Gasteiger partial charge >= 0.3 is 0 Å². The molecule has 2 atom stereocenters. The van der Waals surface area contributed by atoms with E-state index >= 15 is 0 Å². The van der Waals surface area contributed by atoms with Crippen molar-refractivity contribution >= 4 is 0 Å². The van der Waals surface area contributed by atoms with E-state index in [4.69, 9.17) is 4.74 Å². The number of aromatic hydroxyl groups is 1. The van der Waals surface area contributed by atoms with Crippen molar-refractivity contribution in [2.45, 2.75) is 58.2 Å². The van der Waals surface area contributed by atoms with Crippen molar-refractivity contribution in [3.05, 3.63) is 23.3 Å². The Labute approximate surface area is 108 Å². The molecule has 1 heterocycles. The number of phenolic OH excluding ortho intramolecular Hbond substituents is 1. The van der Waals surface area contributed by atoms with E-state index in [0.29, 0.717) is 11.7 Å². The van der Waals surface area contributed by atoms with Crippen LogP contribution in [0.25, 0.3) is 0 Å². The molecule has 0 radical (unpaired) electrons. The summed E-state index contributed by atoms with van der Waals surface area (Å²) in [7, 11) is 0. The Bertz CT molecular complexity index is 446. The molecule has 0 spiro atoms. The number of benzene rings is 1. The zero-order chi connectivity index (χ0) is 13.5. The van der Waals surface area contributed by atoms with Crippen LogP contribution in [0, 0.1) is 6.92 Å². The van der Waals surface area contributed by atoms with Gasteiger partial charge in [-0.15, -0.1) is 0 Å². The van der Waals surface area contributed by atoms with Crippen LogP contribution in [0.1, 0.15) is 50.7 Å². The van der Waals surface area contributed by atoms with Gasteiger partial charge in [-0.05, 0) is 57.2 Å². The largest absolute Gasteiger partial charge is 0.508 e. The Kier molecular flexibility index (Phi) is 3.28. The molecule has 3 heteroatoms. The predicted octanol–water partition coefficient (Wildman–Crippen LogP) is 3.12. The number of hydrogen-bond donors (Lipinski definition) is 2. The van der Waals surface area contributed by atoms with Gasteiger partial charge in [0.1, 0.15) is 17.6 Å². The van der Waals surface area contributed by atoms with Gasteiger partial charge in [-0.25, -0.2) is 0 Å². The lowest BCUT2D eigenvalue weighted by molar-refractivity contribution is -0.0361. The third-order valence-corrected chi connectivity index (χ3v) is 3.78. The molecule has 0 aromatic heterocycles. The summed E-state index contributed by atoms with van der Waals surface area (Å²) in [5, 5.41) is 19.9. The summed E-state index contributed by atoms with van der Waals surface area (Å²) in [6, 6.07) is 3.66. The number of rotatable bonds is 1. The van der Waals surface area contributed by atoms with Crippen LogP contribution in [0.15, 0.2) is 12.1 Å². The maximum Gasteiger partial charge on any atom is 0.127 e. The molecule has 2 rings (SSSR count). The molecule has 1 aromatic rings. The minimum atomic E-state index is -0.854. The maximum absolute atomic E-state index is 10.1. The second-order valence-electron chi connectivity index (χ2n) is 5.92. The first-order valence-corrected chi connectivity index (χ1v) is 6.51. The van der Waals surface area contributed by atoms with Gasteiger partial charge < -0.3 is 14.9 Å². The Balaban J connectivity index is 2.42. The molecule has 18 heavy (non-hydrogen) atoms. The summed E-state index contributed by atoms with van der Waals surface area (Å²) in [4.78, 5) is 0. The van der Waals surface area contributed by atoms with Crippen LogP contribution in [0.5, 0.6) is 11.5 Å². The first-order chi connectivity index (χ1) is 8.29. The van der Waals surface area contributed by atoms with Gasteiger partial charge in [-0.3, -0.25) is 0 Å². The number of fused-ring (bicyclic) bond motifs is 1. The molecule has 1 aromatic carbocycles. The smallest absolute Gasteiger partial charge is 0.127 e. The van der Waals surface area contributed by atoms with E-state index in [1.807, 2.05) is 13.0 Å². The fraction of sp³-hybridized carbons (Fsp3) is 0.600. The number of aryl methyl sites for hydroxylation is 1. The lowest BCUT2D eigenvalue weighted by atomic mass is 9.91. The van der Waals surface area contributed by atoms with Gasteiger partial charge in [-0.2, -0.15) is 0 Å². The third kappa shape index (κ3) is 2.46. The SMILES string of the molecule is Cc1cc2c(cc1O)[C@@H](C)CC[C@H](C(C)(C)O)O2. The van der Waals surface area contributed by atoms with Crippen LogP contribution < -0.4 is 4.74 Å².